The summed E-state index contributed by atoms with van der Waals surface area (Å²) in [5.41, 5.74) is 2.24. The summed E-state index contributed by atoms with van der Waals surface area (Å²) < 4.78 is 73.8. The molecule has 190 valence electrons. The third kappa shape index (κ3) is 5.52. The number of morpholine rings is 1. The zero-order chi connectivity index (χ0) is 25.5. The highest BCUT2D eigenvalue weighted by Gasteiger charge is 2.39. The molecule has 0 bridgehead atoms. The van der Waals surface area contributed by atoms with Crippen LogP contribution in [-0.2, 0) is 27.7 Å². The molecule has 4 rings (SSSR count). The number of carbonyl (C=O) groups excluding carboxylic acids is 1. The topological polar surface area (TPSA) is 76.2 Å². The molecule has 2 aromatic carbocycles. The van der Waals surface area contributed by atoms with E-state index in [-0.39, 0.29) is 29.3 Å². The zero-order valence-corrected chi connectivity index (χ0v) is 20.6. The number of rotatable bonds is 5. The van der Waals surface area contributed by atoms with Crippen LogP contribution in [0.2, 0.25) is 5.02 Å². The molecule has 0 radical (unpaired) electrons. The van der Waals surface area contributed by atoms with Gasteiger partial charge < -0.3 is 19.3 Å². The van der Waals surface area contributed by atoms with E-state index in [1.807, 2.05) is 6.07 Å². The van der Waals surface area contributed by atoms with Crippen LogP contribution in [-0.4, -0.2) is 64.1 Å². The van der Waals surface area contributed by atoms with Gasteiger partial charge in [0, 0.05) is 32.4 Å². The monoisotopic (exact) mass is 532 g/mol. The van der Waals surface area contributed by atoms with E-state index in [0.29, 0.717) is 31.3 Å². The maximum Gasteiger partial charge on any atom is 0.425 e. The average molecular weight is 533 g/mol. The van der Waals surface area contributed by atoms with E-state index in [1.165, 1.54) is 4.90 Å². The average Bonchev–Trinajstić information content (AvgIpc) is 3.20. The maximum atomic E-state index is 13.4. The molecule has 0 spiro atoms. The second-order valence-electron chi connectivity index (χ2n) is 8.56. The lowest BCUT2D eigenvalue weighted by Gasteiger charge is -2.30. The Hall–Kier alpha value is -2.50. The van der Waals surface area contributed by atoms with E-state index in [9.17, 15) is 26.4 Å². The van der Waals surface area contributed by atoms with Crippen molar-refractivity contribution in [3.63, 3.8) is 0 Å². The number of carbonyl (C=O) groups is 1. The first kappa shape index (κ1) is 25.6. The van der Waals surface area contributed by atoms with E-state index in [0.717, 1.165) is 48.2 Å². The van der Waals surface area contributed by atoms with Crippen LogP contribution in [0.25, 0.3) is 0 Å². The fourth-order valence-electron chi connectivity index (χ4n) is 4.04. The summed E-state index contributed by atoms with van der Waals surface area (Å²) in [5.74, 6) is -0.977. The normalized spacial score (nSPS) is 17.3. The Morgan fingerprint density at radius 1 is 1.11 bits per heavy atom. The Bertz CT molecular complexity index is 1250. The van der Waals surface area contributed by atoms with E-state index in [1.54, 1.807) is 6.07 Å². The largest absolute Gasteiger partial charge is 0.480 e. The molecular weight excluding hydrogens is 509 g/mol. The maximum absolute atomic E-state index is 13.4. The first-order valence-corrected chi connectivity index (χ1v) is 13.1. The van der Waals surface area contributed by atoms with Gasteiger partial charge in [0.1, 0.15) is 5.75 Å². The Balaban J connectivity index is 1.64. The van der Waals surface area contributed by atoms with Crippen molar-refractivity contribution in [2.75, 3.05) is 37.5 Å². The molecule has 2 aromatic rings. The molecule has 12 heteroatoms. The number of hydrogen-bond donors (Lipinski definition) is 0. The number of amides is 1. The molecule has 2 heterocycles. The highest BCUT2D eigenvalue weighted by Crippen LogP contribution is 2.36. The number of sulfone groups is 1. The van der Waals surface area contributed by atoms with Gasteiger partial charge in [-0.3, -0.25) is 4.79 Å². The fourth-order valence-corrected chi connectivity index (χ4v) is 4.99. The van der Waals surface area contributed by atoms with Crippen molar-refractivity contribution >= 4 is 33.0 Å². The molecular formula is C23H24ClF3N2O5S. The van der Waals surface area contributed by atoms with Crippen LogP contribution in [0.15, 0.2) is 35.2 Å². The molecule has 0 aromatic heterocycles. The number of anilines is 1. The van der Waals surface area contributed by atoms with Crippen molar-refractivity contribution in [3.05, 3.63) is 52.0 Å². The number of fused-ring (bicyclic) bond motifs is 1. The molecule has 1 atom stereocenters. The minimum Gasteiger partial charge on any atom is -0.480 e. The number of halogens is 4. The standard InChI is InChI=1S/C23H24ClF3N2O5S/c1-14(23(25,26)27)34-21-4-3-17(35(2,31)32)11-18(21)22(30)29-12-15-9-19(24)20(10-16(15)13-29)28-5-7-33-8-6-28/h3-4,9-11,14H,5-8,12-13H2,1-2H3/t14-/m0/s1. The summed E-state index contributed by atoms with van der Waals surface area (Å²) in [5, 5.41) is 0.530. The molecule has 1 saturated heterocycles. The first-order chi connectivity index (χ1) is 16.3. The molecule has 0 saturated carbocycles. The second kappa shape index (κ2) is 9.51. The lowest BCUT2D eigenvalue weighted by Crippen LogP contribution is -2.36. The van der Waals surface area contributed by atoms with Crippen LogP contribution < -0.4 is 9.64 Å². The minimum absolute atomic E-state index is 0.175. The fraction of sp³-hybridized carbons (Fsp3) is 0.435. The third-order valence-electron chi connectivity index (χ3n) is 6.00. The van der Waals surface area contributed by atoms with Crippen molar-refractivity contribution in [3.8, 4) is 5.75 Å². The van der Waals surface area contributed by atoms with Crippen molar-refractivity contribution in [2.45, 2.75) is 37.2 Å². The summed E-state index contributed by atoms with van der Waals surface area (Å²) in [6, 6.07) is 6.96. The minimum atomic E-state index is -4.66. The predicted molar refractivity (Wildman–Crippen MR) is 124 cm³/mol. The number of nitrogens with zero attached hydrogens (tertiary/aromatic N) is 2. The third-order valence-corrected chi connectivity index (χ3v) is 7.42. The van der Waals surface area contributed by atoms with Crippen molar-refractivity contribution in [2.24, 2.45) is 0 Å². The Labute approximate surface area is 206 Å². The van der Waals surface area contributed by atoms with E-state index in [2.05, 4.69) is 4.90 Å². The van der Waals surface area contributed by atoms with E-state index < -0.39 is 28.0 Å². The smallest absolute Gasteiger partial charge is 0.425 e. The molecule has 0 N–H and O–H groups in total. The molecule has 7 nitrogen and oxygen atoms in total. The highest BCUT2D eigenvalue weighted by molar-refractivity contribution is 7.90. The van der Waals surface area contributed by atoms with Gasteiger partial charge in [-0.1, -0.05) is 11.6 Å². The quantitative estimate of drug-likeness (QED) is 0.578. The Kier molecular flexibility index (Phi) is 6.96. The lowest BCUT2D eigenvalue weighted by atomic mass is 10.1. The summed E-state index contributed by atoms with van der Waals surface area (Å²) in [6.07, 6.45) is -5.90. The van der Waals surface area contributed by atoms with Crippen molar-refractivity contribution in [1.29, 1.82) is 0 Å². The number of hydrogen-bond acceptors (Lipinski definition) is 6. The number of alkyl halides is 3. The van der Waals surface area contributed by atoms with Gasteiger partial charge in [0.2, 0.25) is 0 Å². The molecule has 0 aliphatic carbocycles. The number of ether oxygens (including phenoxy) is 2. The van der Waals surface area contributed by atoms with Gasteiger partial charge in [0.25, 0.3) is 5.91 Å². The zero-order valence-electron chi connectivity index (χ0n) is 19.1. The Morgan fingerprint density at radius 2 is 1.74 bits per heavy atom. The van der Waals surface area contributed by atoms with Gasteiger partial charge in [-0.15, -0.1) is 0 Å². The molecule has 0 unspecified atom stereocenters. The molecule has 35 heavy (non-hydrogen) atoms. The van der Waals surface area contributed by atoms with Crippen molar-refractivity contribution in [1.82, 2.24) is 4.90 Å². The van der Waals surface area contributed by atoms with Crippen LogP contribution >= 0.6 is 11.6 Å². The molecule has 2 aliphatic rings. The van der Waals surface area contributed by atoms with Gasteiger partial charge in [-0.2, -0.15) is 13.2 Å². The van der Waals surface area contributed by atoms with Crippen LogP contribution in [0, 0.1) is 0 Å². The molecule has 1 amide bonds. The predicted octanol–water partition coefficient (Wildman–Crippen LogP) is 4.07. The van der Waals surface area contributed by atoms with Crippen LogP contribution in [0.5, 0.6) is 5.75 Å². The Morgan fingerprint density at radius 3 is 2.34 bits per heavy atom. The van der Waals surface area contributed by atoms with Gasteiger partial charge >= 0.3 is 6.18 Å². The van der Waals surface area contributed by atoms with Gasteiger partial charge in [0.15, 0.2) is 15.9 Å². The second-order valence-corrected chi connectivity index (χ2v) is 11.0. The molecule has 2 aliphatic heterocycles. The van der Waals surface area contributed by atoms with Gasteiger partial charge in [-0.25, -0.2) is 8.42 Å². The first-order valence-electron chi connectivity index (χ1n) is 10.9. The summed E-state index contributed by atoms with van der Waals surface area (Å²) in [6.45, 7) is 3.70. The van der Waals surface area contributed by atoms with Crippen LogP contribution in [0.1, 0.15) is 28.4 Å². The number of benzene rings is 2. The highest BCUT2D eigenvalue weighted by atomic mass is 35.5. The van der Waals surface area contributed by atoms with Crippen LogP contribution in [0.3, 0.4) is 0 Å². The summed E-state index contributed by atoms with van der Waals surface area (Å²) in [4.78, 5) is 16.8. The van der Waals surface area contributed by atoms with Crippen molar-refractivity contribution < 1.29 is 35.9 Å². The summed E-state index contributed by atoms with van der Waals surface area (Å²) in [7, 11) is -3.72. The van der Waals surface area contributed by atoms with Gasteiger partial charge in [0.05, 0.1) is 34.4 Å². The van der Waals surface area contributed by atoms with E-state index in [4.69, 9.17) is 21.1 Å². The lowest BCUT2D eigenvalue weighted by molar-refractivity contribution is -0.189. The summed E-state index contributed by atoms with van der Waals surface area (Å²) >= 11 is 6.50. The van der Waals surface area contributed by atoms with E-state index >= 15 is 0 Å². The SMILES string of the molecule is C[C@H](Oc1ccc(S(C)(=O)=O)cc1C(=O)N1Cc2cc(Cl)c(N3CCOCC3)cc2C1)C(F)(F)F. The van der Waals surface area contributed by atoms with Crippen LogP contribution in [0.4, 0.5) is 18.9 Å². The molecule has 1 fully saturated rings. The van der Waals surface area contributed by atoms with Gasteiger partial charge in [-0.05, 0) is 48.4 Å².